The van der Waals surface area contributed by atoms with Gasteiger partial charge in [-0.15, -0.1) is 0 Å². The van der Waals surface area contributed by atoms with Gasteiger partial charge < -0.3 is 19.9 Å². The third-order valence-electron chi connectivity index (χ3n) is 4.52. The predicted octanol–water partition coefficient (Wildman–Crippen LogP) is 2.80. The van der Waals surface area contributed by atoms with E-state index >= 15 is 0 Å². The highest BCUT2D eigenvalue weighted by Crippen LogP contribution is 2.44. The van der Waals surface area contributed by atoms with Gasteiger partial charge in [0.1, 0.15) is 17.1 Å². The molecule has 1 unspecified atom stereocenters. The summed E-state index contributed by atoms with van der Waals surface area (Å²) in [5.41, 5.74) is 0.682. The fourth-order valence-electron chi connectivity index (χ4n) is 3.23. The molecule has 1 atom stereocenters. The zero-order valence-corrected chi connectivity index (χ0v) is 12.7. The fourth-order valence-corrected chi connectivity index (χ4v) is 3.23. The maximum Gasteiger partial charge on any atom is 0.129 e. The van der Waals surface area contributed by atoms with Crippen molar-refractivity contribution in [2.45, 2.75) is 50.7 Å². The summed E-state index contributed by atoms with van der Waals surface area (Å²) in [6.07, 6.45) is 4.33. The van der Waals surface area contributed by atoms with E-state index < -0.39 is 6.10 Å². The molecular weight excluding hydrogens is 266 g/mol. The standard InChI is InChI=1S/C17H25NO3/c1-2-3-10-20-13-4-5-14-15(19)12-17(21-16(14)11-13)6-8-18-9-7-17/h4-5,11,15,18-19H,2-3,6-10,12H2,1H3. The first-order chi connectivity index (χ1) is 10.2. The number of nitrogens with one attached hydrogen (secondary N) is 1. The quantitative estimate of drug-likeness (QED) is 0.838. The van der Waals surface area contributed by atoms with Crippen molar-refractivity contribution in [1.29, 1.82) is 0 Å². The third-order valence-corrected chi connectivity index (χ3v) is 4.52. The second-order valence-corrected chi connectivity index (χ2v) is 6.16. The summed E-state index contributed by atoms with van der Waals surface area (Å²) in [5, 5.41) is 13.8. The van der Waals surface area contributed by atoms with Crippen LogP contribution in [0.2, 0.25) is 0 Å². The van der Waals surface area contributed by atoms with Crippen molar-refractivity contribution < 1.29 is 14.6 Å². The lowest BCUT2D eigenvalue weighted by molar-refractivity contribution is -0.0338. The largest absolute Gasteiger partial charge is 0.493 e. The Hall–Kier alpha value is -1.26. The van der Waals surface area contributed by atoms with Crippen molar-refractivity contribution in [1.82, 2.24) is 5.32 Å². The van der Waals surface area contributed by atoms with Gasteiger partial charge >= 0.3 is 0 Å². The third kappa shape index (κ3) is 3.16. The maximum absolute atomic E-state index is 10.4. The number of aliphatic hydroxyl groups is 1. The van der Waals surface area contributed by atoms with Gasteiger partial charge in [0.25, 0.3) is 0 Å². The molecular formula is C17H25NO3. The average Bonchev–Trinajstić information content (AvgIpc) is 2.48. The number of hydrogen-bond donors (Lipinski definition) is 2. The van der Waals surface area contributed by atoms with E-state index in [4.69, 9.17) is 9.47 Å². The molecule has 21 heavy (non-hydrogen) atoms. The SMILES string of the molecule is CCCCOc1ccc2c(c1)OC1(CCNCC1)CC2O. The summed E-state index contributed by atoms with van der Waals surface area (Å²) in [6, 6.07) is 5.81. The van der Waals surface area contributed by atoms with Crippen LogP contribution in [0.1, 0.15) is 50.7 Å². The van der Waals surface area contributed by atoms with Crippen LogP contribution in [0.4, 0.5) is 0 Å². The van der Waals surface area contributed by atoms with E-state index in [2.05, 4.69) is 12.2 Å². The summed E-state index contributed by atoms with van der Waals surface area (Å²) >= 11 is 0. The highest BCUT2D eigenvalue weighted by Gasteiger charge is 2.41. The minimum atomic E-state index is -0.434. The molecule has 2 heterocycles. The summed E-state index contributed by atoms with van der Waals surface area (Å²) in [7, 11) is 0. The Morgan fingerprint density at radius 2 is 2.19 bits per heavy atom. The van der Waals surface area contributed by atoms with E-state index in [1.165, 1.54) is 0 Å². The van der Waals surface area contributed by atoms with Crippen molar-refractivity contribution in [3.8, 4) is 11.5 Å². The maximum atomic E-state index is 10.4. The van der Waals surface area contributed by atoms with Crippen LogP contribution in [0.25, 0.3) is 0 Å². The van der Waals surface area contributed by atoms with E-state index in [1.807, 2.05) is 18.2 Å². The van der Waals surface area contributed by atoms with Gasteiger partial charge in [-0.25, -0.2) is 0 Å². The number of unbranched alkanes of at least 4 members (excludes halogenated alkanes) is 1. The van der Waals surface area contributed by atoms with Crippen LogP contribution >= 0.6 is 0 Å². The second-order valence-electron chi connectivity index (χ2n) is 6.16. The molecule has 1 saturated heterocycles. The molecule has 0 aromatic heterocycles. The van der Waals surface area contributed by atoms with E-state index in [0.29, 0.717) is 6.42 Å². The molecule has 0 aliphatic carbocycles. The summed E-state index contributed by atoms with van der Waals surface area (Å²) in [4.78, 5) is 0. The lowest BCUT2D eigenvalue weighted by Gasteiger charge is -2.43. The molecule has 4 nitrogen and oxygen atoms in total. The van der Waals surface area contributed by atoms with Crippen LogP contribution in [-0.4, -0.2) is 30.4 Å². The molecule has 2 aliphatic heterocycles. The first-order valence-electron chi connectivity index (χ1n) is 8.07. The number of fused-ring (bicyclic) bond motifs is 1. The predicted molar refractivity (Wildman–Crippen MR) is 81.9 cm³/mol. The lowest BCUT2D eigenvalue weighted by Crippen LogP contribution is -2.49. The van der Waals surface area contributed by atoms with Gasteiger partial charge in [-0.3, -0.25) is 0 Å². The molecule has 116 valence electrons. The number of hydrogen-bond acceptors (Lipinski definition) is 4. The zero-order valence-electron chi connectivity index (χ0n) is 12.7. The molecule has 1 aromatic carbocycles. The lowest BCUT2D eigenvalue weighted by atomic mass is 9.82. The van der Waals surface area contributed by atoms with Gasteiger partial charge in [-0.2, -0.15) is 0 Å². The van der Waals surface area contributed by atoms with Gasteiger partial charge in [0, 0.05) is 18.1 Å². The molecule has 1 spiro atoms. The molecule has 0 bridgehead atoms. The fraction of sp³-hybridized carbons (Fsp3) is 0.647. The Balaban J connectivity index is 1.78. The van der Waals surface area contributed by atoms with Gasteiger partial charge in [0.15, 0.2) is 0 Å². The van der Waals surface area contributed by atoms with Crippen LogP contribution in [-0.2, 0) is 0 Å². The Labute approximate surface area is 126 Å². The van der Waals surface area contributed by atoms with Crippen LogP contribution in [0.15, 0.2) is 18.2 Å². The highest BCUT2D eigenvalue weighted by molar-refractivity contribution is 5.44. The van der Waals surface area contributed by atoms with Gasteiger partial charge in [0.05, 0.1) is 12.7 Å². The summed E-state index contributed by atoms with van der Waals surface area (Å²) in [5.74, 6) is 1.63. The Kier molecular flexibility index (Phi) is 4.36. The number of benzene rings is 1. The Morgan fingerprint density at radius 3 is 2.95 bits per heavy atom. The molecule has 2 N–H and O–H groups in total. The minimum absolute atomic E-state index is 0.209. The first kappa shape index (κ1) is 14.7. The van der Waals surface area contributed by atoms with Crippen molar-refractivity contribution >= 4 is 0 Å². The molecule has 3 rings (SSSR count). The van der Waals surface area contributed by atoms with E-state index in [1.54, 1.807) is 0 Å². The molecule has 0 amide bonds. The van der Waals surface area contributed by atoms with Crippen LogP contribution < -0.4 is 14.8 Å². The molecule has 4 heteroatoms. The van der Waals surface area contributed by atoms with Gasteiger partial charge in [-0.05, 0) is 44.5 Å². The first-order valence-corrected chi connectivity index (χ1v) is 8.07. The van der Waals surface area contributed by atoms with Crippen LogP contribution in [0.5, 0.6) is 11.5 Å². The van der Waals surface area contributed by atoms with Gasteiger partial charge in [-0.1, -0.05) is 13.3 Å². The number of ether oxygens (including phenoxy) is 2. The average molecular weight is 291 g/mol. The number of rotatable bonds is 4. The van der Waals surface area contributed by atoms with Crippen molar-refractivity contribution in [2.75, 3.05) is 19.7 Å². The normalized spacial score (nSPS) is 23.4. The second kappa shape index (κ2) is 6.24. The molecule has 1 fully saturated rings. The highest BCUT2D eigenvalue weighted by atomic mass is 16.5. The molecule has 0 saturated carbocycles. The number of piperidine rings is 1. The summed E-state index contributed by atoms with van der Waals surface area (Å²) in [6.45, 7) is 4.78. The minimum Gasteiger partial charge on any atom is -0.493 e. The zero-order chi connectivity index (χ0) is 14.7. The van der Waals surface area contributed by atoms with E-state index in [-0.39, 0.29) is 5.60 Å². The smallest absolute Gasteiger partial charge is 0.129 e. The van der Waals surface area contributed by atoms with E-state index in [0.717, 1.165) is 62.4 Å². The van der Waals surface area contributed by atoms with Crippen molar-refractivity contribution in [2.24, 2.45) is 0 Å². The molecule has 2 aliphatic rings. The Morgan fingerprint density at radius 1 is 1.38 bits per heavy atom. The van der Waals surface area contributed by atoms with Crippen molar-refractivity contribution in [3.05, 3.63) is 23.8 Å². The Bertz CT molecular complexity index is 483. The van der Waals surface area contributed by atoms with Crippen LogP contribution in [0.3, 0.4) is 0 Å². The molecule has 0 radical (unpaired) electrons. The summed E-state index contributed by atoms with van der Waals surface area (Å²) < 4.78 is 12.0. The topological polar surface area (TPSA) is 50.7 Å². The van der Waals surface area contributed by atoms with E-state index in [9.17, 15) is 5.11 Å². The van der Waals surface area contributed by atoms with Gasteiger partial charge in [0.2, 0.25) is 0 Å². The van der Waals surface area contributed by atoms with Crippen molar-refractivity contribution in [3.63, 3.8) is 0 Å². The number of aliphatic hydroxyl groups excluding tert-OH is 1. The van der Waals surface area contributed by atoms with Crippen LogP contribution in [0, 0.1) is 0 Å². The molecule has 1 aromatic rings. The monoisotopic (exact) mass is 291 g/mol.